The zero-order valence-corrected chi connectivity index (χ0v) is 14.7. The van der Waals surface area contributed by atoms with Gasteiger partial charge in [-0.15, -0.1) is 0 Å². The van der Waals surface area contributed by atoms with Crippen LogP contribution in [-0.2, 0) is 11.2 Å². The fourth-order valence-corrected chi connectivity index (χ4v) is 2.88. The molecule has 2 heterocycles. The summed E-state index contributed by atoms with van der Waals surface area (Å²) in [5.74, 6) is 0.975. The van der Waals surface area contributed by atoms with Crippen molar-refractivity contribution in [2.75, 3.05) is 12.4 Å². The molecule has 0 radical (unpaired) electrons. The first kappa shape index (κ1) is 16.8. The summed E-state index contributed by atoms with van der Waals surface area (Å²) in [4.78, 5) is 21.2. The van der Waals surface area contributed by atoms with E-state index < -0.39 is 0 Å². The smallest absolute Gasteiger partial charge is 0.230 e. The number of pyridine rings is 1. The average molecular weight is 359 g/mol. The normalized spacial score (nSPS) is 10.7. The molecule has 2 aromatic carbocycles. The average Bonchev–Trinajstić information content (AvgIpc) is 3.17. The van der Waals surface area contributed by atoms with Gasteiger partial charge in [0.25, 0.3) is 0 Å². The maximum absolute atomic E-state index is 12.5. The molecule has 0 aliphatic carbocycles. The number of hydrogen-bond donors (Lipinski definition) is 1. The molecule has 2 aromatic heterocycles. The molecule has 0 spiro atoms. The van der Waals surface area contributed by atoms with E-state index in [4.69, 9.17) is 9.15 Å². The number of oxazole rings is 1. The summed E-state index contributed by atoms with van der Waals surface area (Å²) in [5.41, 5.74) is 2.82. The monoisotopic (exact) mass is 359 g/mol. The summed E-state index contributed by atoms with van der Waals surface area (Å²) in [6.07, 6.45) is 3.32. The standard InChI is InChI=1S/C21H17N3O3/c1-26-18-10-9-17(16-8-5-11-22-20(16)18)24-19(25)12-15-13-27-21(23-15)14-6-3-2-4-7-14/h2-11,13H,12H2,1H3,(H,24,25). The van der Waals surface area contributed by atoms with Gasteiger partial charge in [0.05, 0.1) is 24.9 Å². The highest BCUT2D eigenvalue weighted by molar-refractivity contribution is 6.03. The van der Waals surface area contributed by atoms with Crippen molar-refractivity contribution in [2.45, 2.75) is 6.42 Å². The second kappa shape index (κ2) is 7.29. The number of nitrogens with one attached hydrogen (secondary N) is 1. The van der Waals surface area contributed by atoms with Gasteiger partial charge in [-0.25, -0.2) is 4.98 Å². The van der Waals surface area contributed by atoms with Gasteiger partial charge in [0.2, 0.25) is 11.8 Å². The minimum atomic E-state index is -0.182. The lowest BCUT2D eigenvalue weighted by molar-refractivity contribution is -0.115. The van der Waals surface area contributed by atoms with Gasteiger partial charge in [-0.3, -0.25) is 9.78 Å². The lowest BCUT2D eigenvalue weighted by Gasteiger charge is -2.10. The molecule has 0 fully saturated rings. The van der Waals surface area contributed by atoms with Crippen molar-refractivity contribution in [3.05, 3.63) is 72.8 Å². The predicted molar refractivity (Wildman–Crippen MR) is 103 cm³/mol. The van der Waals surface area contributed by atoms with Gasteiger partial charge in [-0.1, -0.05) is 18.2 Å². The number of fused-ring (bicyclic) bond motifs is 1. The van der Waals surface area contributed by atoms with Crippen molar-refractivity contribution in [3.63, 3.8) is 0 Å². The van der Waals surface area contributed by atoms with Gasteiger partial charge >= 0.3 is 0 Å². The quantitative estimate of drug-likeness (QED) is 0.581. The Morgan fingerprint density at radius 2 is 1.96 bits per heavy atom. The fraction of sp³-hybridized carbons (Fsp3) is 0.0952. The summed E-state index contributed by atoms with van der Waals surface area (Å²) in [6.45, 7) is 0. The number of nitrogens with zero attached hydrogens (tertiary/aromatic N) is 2. The first-order valence-corrected chi connectivity index (χ1v) is 8.46. The van der Waals surface area contributed by atoms with Crippen LogP contribution >= 0.6 is 0 Å². The van der Waals surface area contributed by atoms with E-state index in [0.717, 1.165) is 10.9 Å². The van der Waals surface area contributed by atoms with Gasteiger partial charge in [-0.05, 0) is 36.4 Å². The number of aromatic nitrogens is 2. The molecular formula is C21H17N3O3. The molecule has 4 aromatic rings. The molecule has 0 aliphatic rings. The van der Waals surface area contributed by atoms with E-state index in [9.17, 15) is 4.79 Å². The molecule has 1 N–H and O–H groups in total. The van der Waals surface area contributed by atoms with Crippen LogP contribution in [0.4, 0.5) is 5.69 Å². The van der Waals surface area contributed by atoms with E-state index in [2.05, 4.69) is 15.3 Å². The minimum absolute atomic E-state index is 0.115. The molecule has 0 aliphatic heterocycles. The maximum Gasteiger partial charge on any atom is 0.230 e. The molecule has 6 nitrogen and oxygen atoms in total. The van der Waals surface area contributed by atoms with Gasteiger partial charge < -0.3 is 14.5 Å². The number of ether oxygens (including phenoxy) is 1. The predicted octanol–water partition coefficient (Wildman–Crippen LogP) is 4.08. The second-order valence-electron chi connectivity index (χ2n) is 5.95. The molecule has 0 saturated heterocycles. The van der Waals surface area contributed by atoms with E-state index in [-0.39, 0.29) is 12.3 Å². The summed E-state index contributed by atoms with van der Waals surface area (Å²) in [5, 5.41) is 3.73. The number of methoxy groups -OCH3 is 1. The molecule has 0 unspecified atom stereocenters. The lowest BCUT2D eigenvalue weighted by Crippen LogP contribution is -2.15. The van der Waals surface area contributed by atoms with Gasteiger partial charge in [0, 0.05) is 17.1 Å². The van der Waals surface area contributed by atoms with Gasteiger partial charge in [0.1, 0.15) is 17.5 Å². The van der Waals surface area contributed by atoms with Crippen molar-refractivity contribution < 1.29 is 13.9 Å². The van der Waals surface area contributed by atoms with Crippen LogP contribution in [-0.4, -0.2) is 23.0 Å². The van der Waals surface area contributed by atoms with E-state index in [1.165, 1.54) is 6.26 Å². The van der Waals surface area contributed by atoms with Crippen LogP contribution in [0.1, 0.15) is 5.69 Å². The van der Waals surface area contributed by atoms with Crippen LogP contribution < -0.4 is 10.1 Å². The number of anilines is 1. The molecular weight excluding hydrogens is 342 g/mol. The number of hydrogen-bond acceptors (Lipinski definition) is 5. The van der Waals surface area contributed by atoms with E-state index in [0.29, 0.717) is 28.5 Å². The van der Waals surface area contributed by atoms with Crippen molar-refractivity contribution >= 4 is 22.5 Å². The first-order valence-electron chi connectivity index (χ1n) is 8.46. The highest BCUT2D eigenvalue weighted by atomic mass is 16.5. The third kappa shape index (κ3) is 3.50. The SMILES string of the molecule is COc1ccc(NC(=O)Cc2coc(-c3ccccc3)n2)c2cccnc12. The molecule has 27 heavy (non-hydrogen) atoms. The Bertz CT molecular complexity index is 1090. The number of amides is 1. The highest BCUT2D eigenvalue weighted by Crippen LogP contribution is 2.29. The number of carbonyl (C=O) groups excluding carboxylic acids is 1. The summed E-state index contributed by atoms with van der Waals surface area (Å²) in [6, 6.07) is 16.9. The van der Waals surface area contributed by atoms with Crippen molar-refractivity contribution in [3.8, 4) is 17.2 Å². The molecule has 0 bridgehead atoms. The summed E-state index contributed by atoms with van der Waals surface area (Å²) >= 11 is 0. The fourth-order valence-electron chi connectivity index (χ4n) is 2.88. The Kier molecular flexibility index (Phi) is 4.53. The van der Waals surface area contributed by atoms with Crippen LogP contribution in [0.5, 0.6) is 5.75 Å². The second-order valence-corrected chi connectivity index (χ2v) is 5.95. The lowest BCUT2D eigenvalue weighted by atomic mass is 10.1. The Morgan fingerprint density at radius 3 is 2.78 bits per heavy atom. The van der Waals surface area contributed by atoms with Crippen molar-refractivity contribution in [1.29, 1.82) is 0 Å². The number of benzene rings is 2. The molecule has 1 amide bonds. The topological polar surface area (TPSA) is 77.2 Å². The van der Waals surface area contributed by atoms with Crippen LogP contribution in [0.25, 0.3) is 22.4 Å². The Hall–Kier alpha value is -3.67. The van der Waals surface area contributed by atoms with Crippen LogP contribution in [0.2, 0.25) is 0 Å². The molecule has 134 valence electrons. The van der Waals surface area contributed by atoms with Crippen molar-refractivity contribution in [1.82, 2.24) is 9.97 Å². The Morgan fingerprint density at radius 1 is 1.11 bits per heavy atom. The summed E-state index contributed by atoms with van der Waals surface area (Å²) in [7, 11) is 1.59. The number of carbonyl (C=O) groups is 1. The van der Waals surface area contributed by atoms with Gasteiger partial charge in [-0.2, -0.15) is 0 Å². The van der Waals surface area contributed by atoms with E-state index in [1.807, 2.05) is 42.5 Å². The molecule has 0 atom stereocenters. The van der Waals surface area contributed by atoms with Crippen LogP contribution in [0.15, 0.2) is 71.5 Å². The van der Waals surface area contributed by atoms with E-state index in [1.54, 1.807) is 25.4 Å². The Balaban J connectivity index is 1.52. The third-order valence-corrected chi connectivity index (χ3v) is 4.14. The van der Waals surface area contributed by atoms with Gasteiger partial charge in [0.15, 0.2) is 0 Å². The van der Waals surface area contributed by atoms with Crippen molar-refractivity contribution in [2.24, 2.45) is 0 Å². The zero-order chi connectivity index (χ0) is 18.6. The zero-order valence-electron chi connectivity index (χ0n) is 14.7. The highest BCUT2D eigenvalue weighted by Gasteiger charge is 2.13. The number of rotatable bonds is 5. The third-order valence-electron chi connectivity index (χ3n) is 4.14. The molecule has 4 rings (SSSR count). The maximum atomic E-state index is 12.5. The largest absolute Gasteiger partial charge is 0.494 e. The van der Waals surface area contributed by atoms with Crippen LogP contribution in [0, 0.1) is 0 Å². The molecule has 6 heteroatoms. The summed E-state index contributed by atoms with van der Waals surface area (Å²) < 4.78 is 10.8. The first-order chi connectivity index (χ1) is 13.2. The minimum Gasteiger partial charge on any atom is -0.494 e. The van der Waals surface area contributed by atoms with E-state index >= 15 is 0 Å². The van der Waals surface area contributed by atoms with Crippen LogP contribution in [0.3, 0.4) is 0 Å². The molecule has 0 saturated carbocycles. The Labute approximate surface area is 155 Å².